The Labute approximate surface area is 110 Å². The number of nitrogens with one attached hydrogen (secondary N) is 2. The molecule has 0 rings (SSSR count). The van der Waals surface area contributed by atoms with Crippen LogP contribution in [-0.4, -0.2) is 42.5 Å². The fourth-order valence-electron chi connectivity index (χ4n) is 1.39. The van der Waals surface area contributed by atoms with E-state index in [-0.39, 0.29) is 18.7 Å². The zero-order valence-electron chi connectivity index (χ0n) is 12.1. The summed E-state index contributed by atoms with van der Waals surface area (Å²) in [5.74, 6) is 0. The highest BCUT2D eigenvalue weighted by Gasteiger charge is 2.17. The third kappa shape index (κ3) is 11.7. The topological polar surface area (TPSA) is 70.6 Å². The molecule has 0 aromatic rings. The van der Waals surface area contributed by atoms with Crippen molar-refractivity contribution in [2.24, 2.45) is 0 Å². The predicted molar refractivity (Wildman–Crippen MR) is 72.6 cm³/mol. The van der Waals surface area contributed by atoms with Crippen LogP contribution >= 0.6 is 0 Å². The summed E-state index contributed by atoms with van der Waals surface area (Å²) in [6.07, 6.45) is 2.30. The zero-order valence-corrected chi connectivity index (χ0v) is 12.1. The number of hydrogen-bond acceptors (Lipinski definition) is 4. The van der Waals surface area contributed by atoms with Crippen LogP contribution in [-0.2, 0) is 4.74 Å². The SMILES string of the molecule is C[C@H](CCNCCCCO)NC(=O)OC(C)(C)C. The maximum absolute atomic E-state index is 11.5. The van der Waals surface area contributed by atoms with Crippen LogP contribution in [0.15, 0.2) is 0 Å². The number of carbonyl (C=O) groups is 1. The van der Waals surface area contributed by atoms with Gasteiger partial charge in [-0.15, -0.1) is 0 Å². The number of hydrogen-bond donors (Lipinski definition) is 3. The summed E-state index contributed by atoms with van der Waals surface area (Å²) in [6.45, 7) is 9.50. The van der Waals surface area contributed by atoms with Gasteiger partial charge in [0.1, 0.15) is 5.60 Å². The smallest absolute Gasteiger partial charge is 0.407 e. The molecule has 5 heteroatoms. The van der Waals surface area contributed by atoms with Crippen LogP contribution in [0.2, 0.25) is 0 Å². The molecule has 0 aliphatic rings. The van der Waals surface area contributed by atoms with Crippen LogP contribution in [0.4, 0.5) is 4.79 Å². The number of aliphatic hydroxyl groups is 1. The van der Waals surface area contributed by atoms with E-state index in [0.29, 0.717) is 0 Å². The molecule has 0 unspecified atom stereocenters. The average Bonchev–Trinajstić information content (AvgIpc) is 2.20. The molecule has 0 heterocycles. The van der Waals surface area contributed by atoms with E-state index < -0.39 is 5.60 Å². The Morgan fingerprint density at radius 2 is 1.94 bits per heavy atom. The van der Waals surface area contributed by atoms with E-state index in [9.17, 15) is 4.79 Å². The Bertz CT molecular complexity index is 227. The first-order valence-corrected chi connectivity index (χ1v) is 6.66. The second-order valence-corrected chi connectivity index (χ2v) is 5.52. The van der Waals surface area contributed by atoms with Gasteiger partial charge in [-0.05, 0) is 60.0 Å². The molecule has 0 aromatic carbocycles. The van der Waals surface area contributed by atoms with Gasteiger partial charge in [-0.2, -0.15) is 0 Å². The highest BCUT2D eigenvalue weighted by atomic mass is 16.6. The van der Waals surface area contributed by atoms with E-state index in [1.165, 1.54) is 0 Å². The van der Waals surface area contributed by atoms with Gasteiger partial charge in [-0.3, -0.25) is 0 Å². The number of carbonyl (C=O) groups excluding carboxylic acids is 1. The van der Waals surface area contributed by atoms with Crippen molar-refractivity contribution in [3.63, 3.8) is 0 Å². The number of amides is 1. The maximum atomic E-state index is 11.5. The molecule has 1 amide bonds. The average molecular weight is 260 g/mol. The van der Waals surface area contributed by atoms with E-state index in [2.05, 4.69) is 10.6 Å². The standard InChI is InChI=1S/C13H28N2O3/c1-11(7-9-14-8-5-6-10-16)15-12(17)18-13(2,3)4/h11,14,16H,5-10H2,1-4H3,(H,15,17)/t11-/m1/s1. The van der Waals surface area contributed by atoms with E-state index in [4.69, 9.17) is 9.84 Å². The molecule has 1 atom stereocenters. The van der Waals surface area contributed by atoms with Crippen molar-refractivity contribution < 1.29 is 14.6 Å². The summed E-state index contributed by atoms with van der Waals surface area (Å²) in [7, 11) is 0. The molecule has 108 valence electrons. The van der Waals surface area contributed by atoms with E-state index in [0.717, 1.165) is 32.4 Å². The lowest BCUT2D eigenvalue weighted by Gasteiger charge is -2.22. The molecule has 0 bridgehead atoms. The van der Waals surface area contributed by atoms with Crippen LogP contribution in [0.1, 0.15) is 47.0 Å². The predicted octanol–water partition coefficient (Wildman–Crippen LogP) is 1.65. The number of rotatable bonds is 8. The molecule has 0 aliphatic heterocycles. The fourth-order valence-corrected chi connectivity index (χ4v) is 1.39. The number of aliphatic hydroxyl groups excluding tert-OH is 1. The van der Waals surface area contributed by atoms with Crippen molar-refractivity contribution in [3.8, 4) is 0 Å². The molecule has 3 N–H and O–H groups in total. The lowest BCUT2D eigenvalue weighted by Crippen LogP contribution is -2.39. The maximum Gasteiger partial charge on any atom is 0.407 e. The van der Waals surface area contributed by atoms with Gasteiger partial charge in [0.2, 0.25) is 0 Å². The van der Waals surface area contributed by atoms with E-state index in [1.54, 1.807) is 0 Å². The first-order chi connectivity index (χ1) is 8.35. The van der Waals surface area contributed by atoms with Gasteiger partial charge < -0.3 is 20.5 Å². The van der Waals surface area contributed by atoms with Crippen molar-refractivity contribution in [3.05, 3.63) is 0 Å². The van der Waals surface area contributed by atoms with Crippen molar-refractivity contribution in [2.45, 2.75) is 58.6 Å². The summed E-state index contributed by atoms with van der Waals surface area (Å²) in [6, 6.07) is 0.0881. The zero-order chi connectivity index (χ0) is 14.0. The van der Waals surface area contributed by atoms with Gasteiger partial charge in [0.05, 0.1) is 0 Å². The lowest BCUT2D eigenvalue weighted by atomic mass is 10.2. The second kappa shape index (κ2) is 9.16. The molecule has 0 aliphatic carbocycles. The number of ether oxygens (including phenoxy) is 1. The van der Waals surface area contributed by atoms with Crippen LogP contribution in [0, 0.1) is 0 Å². The molecule has 0 spiro atoms. The van der Waals surface area contributed by atoms with Crippen LogP contribution < -0.4 is 10.6 Å². The second-order valence-electron chi connectivity index (χ2n) is 5.52. The van der Waals surface area contributed by atoms with E-state index in [1.807, 2.05) is 27.7 Å². The number of unbranched alkanes of at least 4 members (excludes halogenated alkanes) is 1. The quantitative estimate of drug-likeness (QED) is 0.580. The third-order valence-corrected chi connectivity index (χ3v) is 2.28. The van der Waals surface area contributed by atoms with Crippen LogP contribution in [0.25, 0.3) is 0 Å². The highest BCUT2D eigenvalue weighted by Crippen LogP contribution is 2.06. The summed E-state index contributed by atoms with van der Waals surface area (Å²) in [5.41, 5.74) is -0.452. The minimum Gasteiger partial charge on any atom is -0.444 e. The van der Waals surface area contributed by atoms with Gasteiger partial charge in [-0.1, -0.05) is 0 Å². The monoisotopic (exact) mass is 260 g/mol. The Hall–Kier alpha value is -0.810. The molecule has 0 saturated heterocycles. The summed E-state index contributed by atoms with van der Waals surface area (Å²) >= 11 is 0. The normalized spacial score (nSPS) is 13.2. The van der Waals surface area contributed by atoms with Crippen molar-refractivity contribution >= 4 is 6.09 Å². The van der Waals surface area contributed by atoms with Crippen LogP contribution in [0.5, 0.6) is 0 Å². The molecule has 0 fully saturated rings. The summed E-state index contributed by atoms with van der Waals surface area (Å²) in [4.78, 5) is 11.5. The van der Waals surface area contributed by atoms with Gasteiger partial charge in [0, 0.05) is 12.6 Å². The first kappa shape index (κ1) is 17.2. The van der Waals surface area contributed by atoms with Gasteiger partial charge in [0.25, 0.3) is 0 Å². The van der Waals surface area contributed by atoms with Crippen molar-refractivity contribution in [2.75, 3.05) is 19.7 Å². The largest absolute Gasteiger partial charge is 0.444 e. The number of alkyl carbamates (subject to hydrolysis) is 1. The molecule has 0 saturated carbocycles. The van der Waals surface area contributed by atoms with E-state index >= 15 is 0 Å². The van der Waals surface area contributed by atoms with Crippen molar-refractivity contribution in [1.82, 2.24) is 10.6 Å². The van der Waals surface area contributed by atoms with Gasteiger partial charge in [-0.25, -0.2) is 4.79 Å². The summed E-state index contributed by atoms with van der Waals surface area (Å²) < 4.78 is 5.17. The third-order valence-electron chi connectivity index (χ3n) is 2.28. The highest BCUT2D eigenvalue weighted by molar-refractivity contribution is 5.67. The Morgan fingerprint density at radius 1 is 1.28 bits per heavy atom. The minimum atomic E-state index is -0.452. The fraction of sp³-hybridized carbons (Fsp3) is 0.923. The Balaban J connectivity index is 3.53. The molecule has 5 nitrogen and oxygen atoms in total. The van der Waals surface area contributed by atoms with Gasteiger partial charge in [0.15, 0.2) is 0 Å². The minimum absolute atomic E-state index is 0.0881. The Kier molecular flexibility index (Phi) is 8.75. The van der Waals surface area contributed by atoms with Gasteiger partial charge >= 0.3 is 6.09 Å². The molecular formula is C13H28N2O3. The molecule has 0 aromatic heterocycles. The summed E-state index contributed by atoms with van der Waals surface area (Å²) in [5, 5.41) is 14.7. The Morgan fingerprint density at radius 3 is 2.50 bits per heavy atom. The first-order valence-electron chi connectivity index (χ1n) is 6.66. The molecule has 18 heavy (non-hydrogen) atoms. The lowest BCUT2D eigenvalue weighted by molar-refractivity contribution is 0.0506. The van der Waals surface area contributed by atoms with Crippen LogP contribution in [0.3, 0.4) is 0 Å². The molecule has 0 radical (unpaired) electrons. The van der Waals surface area contributed by atoms with Crippen molar-refractivity contribution in [1.29, 1.82) is 0 Å². The molecular weight excluding hydrogens is 232 g/mol.